The van der Waals surface area contributed by atoms with Crippen molar-refractivity contribution in [2.75, 3.05) is 0 Å². The van der Waals surface area contributed by atoms with Gasteiger partial charge in [0.1, 0.15) is 0 Å². The Hall–Kier alpha value is -2.34. The Kier molecular flexibility index (Phi) is 9.43. The first-order valence-electron chi connectivity index (χ1n) is 14.0. The zero-order valence-electron chi connectivity index (χ0n) is 21.6. The number of benzene rings is 3. The van der Waals surface area contributed by atoms with E-state index >= 15 is 0 Å². The number of fused-ring (bicyclic) bond motifs is 1. The van der Waals surface area contributed by atoms with Crippen LogP contribution < -0.4 is 0 Å². The Balaban J connectivity index is 1.28. The predicted octanol–water partition coefficient (Wildman–Crippen LogP) is 9.99. The van der Waals surface area contributed by atoms with Crippen LogP contribution in [-0.4, -0.2) is 0 Å². The quantitative estimate of drug-likeness (QED) is 0.200. The highest BCUT2D eigenvalue weighted by atomic mass is 14.3. The van der Waals surface area contributed by atoms with Crippen LogP contribution in [0.2, 0.25) is 0 Å². The lowest BCUT2D eigenvalue weighted by atomic mass is 9.78. The van der Waals surface area contributed by atoms with Gasteiger partial charge in [-0.3, -0.25) is 0 Å². The molecule has 3 aromatic rings. The molecule has 0 aliphatic heterocycles. The average molecular weight is 453 g/mol. The van der Waals surface area contributed by atoms with E-state index < -0.39 is 0 Å². The van der Waals surface area contributed by atoms with Crippen LogP contribution in [0.1, 0.15) is 99.8 Å². The standard InChI is InChI=1S/C34H44/c1-3-5-7-9-27-13-19-31(20-14-27)32-21-15-28(16-22-32)11-12-30-18-24-33-25-29(10-8-6-4-2)17-23-34(33)26-30/h7,9,15-18,21-27,31H,3-6,8,10-14,19-20H2,1-2H3/b9-7+. The minimum atomic E-state index is 0.761. The highest BCUT2D eigenvalue weighted by Crippen LogP contribution is 2.36. The van der Waals surface area contributed by atoms with Crippen LogP contribution in [0.25, 0.3) is 10.8 Å². The normalized spacial score (nSPS) is 18.6. The summed E-state index contributed by atoms with van der Waals surface area (Å²) in [6.07, 6.45) is 20.2. The third-order valence-corrected chi connectivity index (χ3v) is 7.83. The molecule has 1 aliphatic carbocycles. The third kappa shape index (κ3) is 7.08. The fourth-order valence-corrected chi connectivity index (χ4v) is 5.58. The summed E-state index contributed by atoms with van der Waals surface area (Å²) in [5.74, 6) is 1.58. The van der Waals surface area contributed by atoms with Gasteiger partial charge in [0.2, 0.25) is 0 Å². The van der Waals surface area contributed by atoms with Crippen molar-refractivity contribution in [3.63, 3.8) is 0 Å². The first kappa shape index (κ1) is 24.8. The number of hydrogen-bond acceptors (Lipinski definition) is 0. The summed E-state index contributed by atoms with van der Waals surface area (Å²) in [6, 6.07) is 23.7. The van der Waals surface area contributed by atoms with E-state index in [1.54, 1.807) is 5.56 Å². The van der Waals surface area contributed by atoms with E-state index in [-0.39, 0.29) is 0 Å². The fraction of sp³-hybridized carbons (Fsp3) is 0.471. The summed E-state index contributed by atoms with van der Waals surface area (Å²) >= 11 is 0. The highest BCUT2D eigenvalue weighted by Gasteiger charge is 2.20. The van der Waals surface area contributed by atoms with Gasteiger partial charge in [0.25, 0.3) is 0 Å². The summed E-state index contributed by atoms with van der Waals surface area (Å²) < 4.78 is 0. The van der Waals surface area contributed by atoms with Crippen molar-refractivity contribution in [2.45, 2.75) is 96.8 Å². The van der Waals surface area contributed by atoms with E-state index in [4.69, 9.17) is 0 Å². The van der Waals surface area contributed by atoms with Crippen molar-refractivity contribution >= 4 is 10.8 Å². The van der Waals surface area contributed by atoms with E-state index in [0.29, 0.717) is 0 Å². The predicted molar refractivity (Wildman–Crippen MR) is 150 cm³/mol. The van der Waals surface area contributed by atoms with Crippen LogP contribution in [0, 0.1) is 5.92 Å². The molecule has 0 nitrogen and oxygen atoms in total. The lowest BCUT2D eigenvalue weighted by Crippen LogP contribution is -2.11. The summed E-state index contributed by atoms with van der Waals surface area (Å²) in [4.78, 5) is 0. The minimum absolute atomic E-state index is 0.761. The second-order valence-electron chi connectivity index (χ2n) is 10.5. The Morgan fingerprint density at radius 3 is 1.91 bits per heavy atom. The Morgan fingerprint density at radius 2 is 1.26 bits per heavy atom. The van der Waals surface area contributed by atoms with Crippen LogP contribution in [0.15, 0.2) is 72.8 Å². The molecule has 34 heavy (non-hydrogen) atoms. The second-order valence-corrected chi connectivity index (χ2v) is 10.5. The van der Waals surface area contributed by atoms with Gasteiger partial charge in [0.15, 0.2) is 0 Å². The molecule has 4 rings (SSSR count). The molecule has 0 spiro atoms. The number of aryl methyl sites for hydroxylation is 3. The van der Waals surface area contributed by atoms with Crippen molar-refractivity contribution < 1.29 is 0 Å². The average Bonchev–Trinajstić information content (AvgIpc) is 2.88. The van der Waals surface area contributed by atoms with Crippen molar-refractivity contribution in [2.24, 2.45) is 5.92 Å². The Morgan fingerprint density at radius 1 is 0.647 bits per heavy atom. The van der Waals surface area contributed by atoms with Gasteiger partial charge in [-0.2, -0.15) is 0 Å². The number of hydrogen-bond donors (Lipinski definition) is 0. The molecule has 0 saturated heterocycles. The van der Waals surface area contributed by atoms with Crippen molar-refractivity contribution in [1.82, 2.24) is 0 Å². The number of rotatable bonds is 11. The van der Waals surface area contributed by atoms with Gasteiger partial charge in [0.05, 0.1) is 0 Å². The lowest BCUT2D eigenvalue weighted by molar-refractivity contribution is 0.375. The molecule has 0 radical (unpaired) electrons. The molecular formula is C34H44. The fourth-order valence-electron chi connectivity index (χ4n) is 5.58. The van der Waals surface area contributed by atoms with E-state index in [9.17, 15) is 0 Å². The maximum Gasteiger partial charge on any atom is -0.0162 e. The van der Waals surface area contributed by atoms with Crippen molar-refractivity contribution in [3.8, 4) is 0 Å². The van der Waals surface area contributed by atoms with Crippen LogP contribution in [0.4, 0.5) is 0 Å². The molecular weight excluding hydrogens is 408 g/mol. The largest absolute Gasteiger partial charge is 0.0883 e. The molecule has 3 aromatic carbocycles. The van der Waals surface area contributed by atoms with Crippen LogP contribution in [0.3, 0.4) is 0 Å². The van der Waals surface area contributed by atoms with Gasteiger partial charge >= 0.3 is 0 Å². The monoisotopic (exact) mass is 452 g/mol. The molecule has 0 N–H and O–H groups in total. The number of unbranched alkanes of at least 4 members (excludes halogenated alkanes) is 3. The molecule has 1 aliphatic rings. The van der Waals surface area contributed by atoms with Gasteiger partial charge in [-0.25, -0.2) is 0 Å². The van der Waals surface area contributed by atoms with E-state index in [1.165, 1.54) is 91.7 Å². The van der Waals surface area contributed by atoms with E-state index in [0.717, 1.165) is 24.7 Å². The minimum Gasteiger partial charge on any atom is -0.0883 e. The second kappa shape index (κ2) is 12.9. The van der Waals surface area contributed by atoms with Gasteiger partial charge in [-0.1, -0.05) is 106 Å². The summed E-state index contributed by atoms with van der Waals surface area (Å²) in [7, 11) is 0. The first-order chi connectivity index (χ1) is 16.7. The van der Waals surface area contributed by atoms with Crippen LogP contribution >= 0.6 is 0 Å². The Labute approximate surface area is 208 Å². The SMILES string of the molecule is CCC/C=C/C1CCC(c2ccc(CCc3ccc4cc(CCCCC)ccc4c3)cc2)CC1. The maximum atomic E-state index is 2.49. The van der Waals surface area contributed by atoms with Crippen LogP contribution in [-0.2, 0) is 19.3 Å². The zero-order chi connectivity index (χ0) is 23.6. The van der Waals surface area contributed by atoms with Gasteiger partial charge < -0.3 is 0 Å². The third-order valence-electron chi connectivity index (χ3n) is 7.83. The smallest absolute Gasteiger partial charge is 0.0162 e. The molecule has 180 valence electrons. The number of allylic oxidation sites excluding steroid dienone is 2. The molecule has 0 aromatic heterocycles. The molecule has 1 fully saturated rings. The van der Waals surface area contributed by atoms with E-state index in [1.807, 2.05) is 0 Å². The molecule has 0 unspecified atom stereocenters. The zero-order valence-corrected chi connectivity index (χ0v) is 21.6. The van der Waals surface area contributed by atoms with E-state index in [2.05, 4.69) is 86.7 Å². The summed E-state index contributed by atoms with van der Waals surface area (Å²) in [5, 5.41) is 2.77. The first-order valence-corrected chi connectivity index (χ1v) is 14.0. The van der Waals surface area contributed by atoms with Gasteiger partial charge in [-0.05, 0) is 103 Å². The van der Waals surface area contributed by atoms with Crippen molar-refractivity contribution in [3.05, 3.63) is 95.1 Å². The molecule has 0 heterocycles. The summed E-state index contributed by atoms with van der Waals surface area (Å²) in [5.41, 5.74) is 5.95. The topological polar surface area (TPSA) is 0 Å². The maximum absolute atomic E-state index is 2.49. The Bertz CT molecular complexity index is 1030. The van der Waals surface area contributed by atoms with Crippen molar-refractivity contribution in [1.29, 1.82) is 0 Å². The highest BCUT2D eigenvalue weighted by molar-refractivity contribution is 5.83. The van der Waals surface area contributed by atoms with Gasteiger partial charge in [-0.15, -0.1) is 0 Å². The summed E-state index contributed by atoms with van der Waals surface area (Å²) in [6.45, 7) is 4.53. The van der Waals surface area contributed by atoms with Crippen LogP contribution in [0.5, 0.6) is 0 Å². The molecule has 0 heteroatoms. The molecule has 0 atom stereocenters. The molecule has 0 bridgehead atoms. The van der Waals surface area contributed by atoms with Gasteiger partial charge in [0, 0.05) is 0 Å². The molecule has 1 saturated carbocycles. The molecule has 0 amide bonds. The lowest BCUT2D eigenvalue weighted by Gasteiger charge is -2.27.